The predicted octanol–water partition coefficient (Wildman–Crippen LogP) is 1.89. The molecule has 0 aliphatic heterocycles. The zero-order valence-electron chi connectivity index (χ0n) is 8.33. The number of hydrogen-bond donors (Lipinski definition) is 1. The molecule has 0 spiro atoms. The molecule has 0 heterocycles. The number of likely N-dealkylation sites (N-methyl/N-ethyl adjacent to an activating group) is 1. The Morgan fingerprint density at radius 1 is 1.38 bits per heavy atom. The van der Waals surface area contributed by atoms with Gasteiger partial charge in [-0.25, -0.2) is 0 Å². The van der Waals surface area contributed by atoms with Crippen molar-refractivity contribution in [2.24, 2.45) is 0 Å². The lowest BCUT2D eigenvalue weighted by molar-refractivity contribution is 0.357. The third-order valence-electron chi connectivity index (χ3n) is 2.23. The molecule has 2 heteroatoms. The van der Waals surface area contributed by atoms with Crippen LogP contribution in [-0.2, 0) is 6.42 Å². The first-order valence-corrected chi connectivity index (χ1v) is 4.69. The number of phenols is 1. The van der Waals surface area contributed by atoms with Crippen LogP contribution < -0.4 is 0 Å². The fraction of sp³-hybridized carbons (Fsp3) is 0.455. The number of nitrogens with zero attached hydrogens (tertiary/aromatic N) is 1. The van der Waals surface area contributed by atoms with Gasteiger partial charge in [0.1, 0.15) is 5.75 Å². The van der Waals surface area contributed by atoms with Gasteiger partial charge in [0.15, 0.2) is 0 Å². The third kappa shape index (κ3) is 3.47. The molecule has 1 N–H and O–H groups in total. The first-order valence-electron chi connectivity index (χ1n) is 4.69. The van der Waals surface area contributed by atoms with Crippen LogP contribution in [0.25, 0.3) is 0 Å². The van der Waals surface area contributed by atoms with E-state index in [1.54, 1.807) is 6.07 Å². The zero-order chi connectivity index (χ0) is 9.68. The van der Waals surface area contributed by atoms with Gasteiger partial charge >= 0.3 is 0 Å². The Bertz CT molecular complexity index is 260. The normalized spacial score (nSPS) is 10.7. The fourth-order valence-electron chi connectivity index (χ4n) is 1.19. The zero-order valence-corrected chi connectivity index (χ0v) is 8.33. The molecule has 0 fully saturated rings. The molecule has 0 radical (unpaired) electrons. The molecule has 0 saturated carbocycles. The van der Waals surface area contributed by atoms with E-state index in [9.17, 15) is 5.11 Å². The Morgan fingerprint density at radius 3 is 2.77 bits per heavy atom. The molecule has 1 aromatic rings. The smallest absolute Gasteiger partial charge is 0.115 e. The van der Waals surface area contributed by atoms with Gasteiger partial charge in [-0.1, -0.05) is 19.1 Å². The predicted molar refractivity (Wildman–Crippen MR) is 55.0 cm³/mol. The Kier molecular flexibility index (Phi) is 3.77. The highest BCUT2D eigenvalue weighted by atomic mass is 16.3. The number of hydrogen-bond acceptors (Lipinski definition) is 2. The van der Waals surface area contributed by atoms with Crippen molar-refractivity contribution >= 4 is 0 Å². The summed E-state index contributed by atoms with van der Waals surface area (Å²) in [6.07, 6.45) is 0.999. The first-order chi connectivity index (χ1) is 6.22. The monoisotopic (exact) mass is 179 g/mol. The van der Waals surface area contributed by atoms with Gasteiger partial charge in [-0.15, -0.1) is 0 Å². The molecule has 0 atom stereocenters. The second-order valence-electron chi connectivity index (χ2n) is 3.32. The van der Waals surface area contributed by atoms with Crippen molar-refractivity contribution in [3.05, 3.63) is 29.8 Å². The Hall–Kier alpha value is -1.02. The van der Waals surface area contributed by atoms with Crippen molar-refractivity contribution < 1.29 is 5.11 Å². The summed E-state index contributed by atoms with van der Waals surface area (Å²) in [5.74, 6) is 0.358. The quantitative estimate of drug-likeness (QED) is 0.763. The van der Waals surface area contributed by atoms with Gasteiger partial charge in [-0.2, -0.15) is 0 Å². The first kappa shape index (κ1) is 10.1. The molecule has 0 aliphatic rings. The topological polar surface area (TPSA) is 23.5 Å². The van der Waals surface area contributed by atoms with Crippen LogP contribution in [0.4, 0.5) is 0 Å². The molecule has 72 valence electrons. The summed E-state index contributed by atoms with van der Waals surface area (Å²) in [7, 11) is 2.10. The van der Waals surface area contributed by atoms with E-state index in [0.29, 0.717) is 5.75 Å². The molecular formula is C11H17NO. The van der Waals surface area contributed by atoms with Gasteiger partial charge in [0.2, 0.25) is 0 Å². The number of phenolic OH excluding ortho intramolecular Hbond substituents is 1. The standard InChI is InChI=1S/C11H17NO/c1-3-12(2)8-7-10-5-4-6-11(13)9-10/h4-6,9,13H,3,7-8H2,1-2H3. The third-order valence-corrected chi connectivity index (χ3v) is 2.23. The van der Waals surface area contributed by atoms with Gasteiger partial charge in [-0.3, -0.25) is 0 Å². The Morgan fingerprint density at radius 2 is 2.15 bits per heavy atom. The minimum Gasteiger partial charge on any atom is -0.508 e. The molecule has 1 rings (SSSR count). The van der Waals surface area contributed by atoms with E-state index in [1.807, 2.05) is 18.2 Å². The maximum atomic E-state index is 9.22. The average molecular weight is 179 g/mol. The van der Waals surface area contributed by atoms with Crippen LogP contribution in [-0.4, -0.2) is 30.1 Å². The number of aromatic hydroxyl groups is 1. The van der Waals surface area contributed by atoms with Crippen LogP contribution in [0.1, 0.15) is 12.5 Å². The summed E-state index contributed by atoms with van der Waals surface area (Å²) in [6, 6.07) is 7.45. The Labute approximate surface area is 79.8 Å². The van der Waals surface area contributed by atoms with Crippen molar-refractivity contribution in [2.45, 2.75) is 13.3 Å². The summed E-state index contributed by atoms with van der Waals surface area (Å²) < 4.78 is 0. The molecule has 0 bridgehead atoms. The van der Waals surface area contributed by atoms with Gasteiger partial charge in [0.05, 0.1) is 0 Å². The second-order valence-corrected chi connectivity index (χ2v) is 3.32. The highest BCUT2D eigenvalue weighted by molar-refractivity contribution is 5.27. The van der Waals surface area contributed by atoms with Crippen molar-refractivity contribution in [3.8, 4) is 5.75 Å². The van der Waals surface area contributed by atoms with Gasteiger partial charge in [0, 0.05) is 6.54 Å². The van der Waals surface area contributed by atoms with Crippen LogP contribution >= 0.6 is 0 Å². The molecule has 13 heavy (non-hydrogen) atoms. The van der Waals surface area contributed by atoms with Crippen molar-refractivity contribution in [1.29, 1.82) is 0 Å². The minimum absolute atomic E-state index is 0.358. The lowest BCUT2D eigenvalue weighted by atomic mass is 10.1. The van der Waals surface area contributed by atoms with E-state index in [1.165, 1.54) is 5.56 Å². The lowest BCUT2D eigenvalue weighted by Crippen LogP contribution is -2.20. The SMILES string of the molecule is CCN(C)CCc1cccc(O)c1. The summed E-state index contributed by atoms with van der Waals surface area (Å²) in [4.78, 5) is 2.25. The lowest BCUT2D eigenvalue weighted by Gasteiger charge is -2.13. The minimum atomic E-state index is 0.358. The average Bonchev–Trinajstić information content (AvgIpc) is 2.14. The molecule has 0 saturated heterocycles. The van der Waals surface area contributed by atoms with Crippen molar-refractivity contribution in [3.63, 3.8) is 0 Å². The fourth-order valence-corrected chi connectivity index (χ4v) is 1.19. The molecule has 0 aromatic heterocycles. The number of benzene rings is 1. The van der Waals surface area contributed by atoms with Gasteiger partial charge < -0.3 is 10.0 Å². The van der Waals surface area contributed by atoms with E-state index in [0.717, 1.165) is 19.5 Å². The van der Waals surface area contributed by atoms with E-state index in [2.05, 4.69) is 18.9 Å². The van der Waals surface area contributed by atoms with Crippen molar-refractivity contribution in [1.82, 2.24) is 4.90 Å². The summed E-state index contributed by atoms with van der Waals surface area (Å²) in [5, 5.41) is 9.22. The van der Waals surface area contributed by atoms with Gasteiger partial charge in [0.25, 0.3) is 0 Å². The van der Waals surface area contributed by atoms with Crippen LogP contribution in [0.5, 0.6) is 5.75 Å². The van der Waals surface area contributed by atoms with Crippen LogP contribution in [0.15, 0.2) is 24.3 Å². The molecule has 1 aromatic carbocycles. The molecule has 0 unspecified atom stereocenters. The summed E-state index contributed by atoms with van der Waals surface area (Å²) in [6.45, 7) is 4.25. The highest BCUT2D eigenvalue weighted by Gasteiger charge is 1.97. The highest BCUT2D eigenvalue weighted by Crippen LogP contribution is 2.11. The molecule has 0 amide bonds. The maximum Gasteiger partial charge on any atom is 0.115 e. The van der Waals surface area contributed by atoms with E-state index in [-0.39, 0.29) is 0 Å². The van der Waals surface area contributed by atoms with E-state index in [4.69, 9.17) is 0 Å². The van der Waals surface area contributed by atoms with Gasteiger partial charge in [-0.05, 0) is 37.7 Å². The number of rotatable bonds is 4. The van der Waals surface area contributed by atoms with Crippen LogP contribution in [0.3, 0.4) is 0 Å². The second kappa shape index (κ2) is 4.87. The Balaban J connectivity index is 2.45. The van der Waals surface area contributed by atoms with Crippen LogP contribution in [0, 0.1) is 0 Å². The van der Waals surface area contributed by atoms with E-state index >= 15 is 0 Å². The summed E-state index contributed by atoms with van der Waals surface area (Å²) >= 11 is 0. The molecular weight excluding hydrogens is 162 g/mol. The molecule has 0 aliphatic carbocycles. The summed E-state index contributed by atoms with van der Waals surface area (Å²) in [5.41, 5.74) is 1.19. The molecule has 2 nitrogen and oxygen atoms in total. The largest absolute Gasteiger partial charge is 0.508 e. The van der Waals surface area contributed by atoms with E-state index < -0.39 is 0 Å². The van der Waals surface area contributed by atoms with Crippen molar-refractivity contribution in [2.75, 3.05) is 20.1 Å². The maximum absolute atomic E-state index is 9.22. The van der Waals surface area contributed by atoms with Crippen LogP contribution in [0.2, 0.25) is 0 Å².